The van der Waals surface area contributed by atoms with E-state index in [0.29, 0.717) is 9.21 Å². The molecule has 100 valence electrons. The van der Waals surface area contributed by atoms with E-state index in [1.54, 1.807) is 12.1 Å². The number of allylic oxidation sites excluding steroid dienone is 2. The first-order chi connectivity index (χ1) is 8.86. The molecule has 2 atom stereocenters. The molecule has 2 N–H and O–H groups in total. The Hall–Kier alpha value is -1.59. The van der Waals surface area contributed by atoms with Crippen LogP contribution < -0.4 is 0 Å². The third-order valence-electron chi connectivity index (χ3n) is 3.22. The van der Waals surface area contributed by atoms with E-state index in [0.717, 1.165) is 0 Å². The van der Waals surface area contributed by atoms with Crippen LogP contribution in [0.25, 0.3) is 0 Å². The Morgan fingerprint density at radius 2 is 2.05 bits per heavy atom. The molecule has 6 heteroatoms. The minimum absolute atomic E-state index is 0.0610. The van der Waals surface area contributed by atoms with Crippen molar-refractivity contribution in [1.29, 1.82) is 0 Å². The van der Waals surface area contributed by atoms with Crippen molar-refractivity contribution >= 4 is 34.9 Å². The number of thiophene rings is 1. The highest BCUT2D eigenvalue weighted by Gasteiger charge is 2.46. The first-order valence-corrected chi connectivity index (χ1v) is 6.67. The monoisotopic (exact) mass is 298 g/mol. The topological polar surface area (TPSA) is 74.6 Å². The van der Waals surface area contributed by atoms with Crippen molar-refractivity contribution in [2.75, 3.05) is 0 Å². The molecule has 0 fully saturated rings. The SMILES string of the molecule is C[C@@]1(C(=O)O)C=CC=C(C(=O)O)C1c1ccc(Cl)s1. The Balaban J connectivity index is 2.59. The molecule has 0 spiro atoms. The largest absolute Gasteiger partial charge is 0.481 e. The Morgan fingerprint density at radius 1 is 1.37 bits per heavy atom. The molecule has 1 aliphatic rings. The average Bonchev–Trinajstić information content (AvgIpc) is 2.74. The highest BCUT2D eigenvalue weighted by atomic mass is 35.5. The zero-order valence-corrected chi connectivity index (χ0v) is 11.5. The van der Waals surface area contributed by atoms with Crippen molar-refractivity contribution in [2.45, 2.75) is 12.8 Å². The summed E-state index contributed by atoms with van der Waals surface area (Å²) in [5.74, 6) is -2.93. The summed E-state index contributed by atoms with van der Waals surface area (Å²) >= 11 is 7.06. The van der Waals surface area contributed by atoms with Crippen LogP contribution in [0.5, 0.6) is 0 Å². The van der Waals surface area contributed by atoms with Gasteiger partial charge in [-0.1, -0.05) is 29.8 Å². The van der Waals surface area contributed by atoms with Crippen molar-refractivity contribution < 1.29 is 19.8 Å². The minimum atomic E-state index is -1.29. The van der Waals surface area contributed by atoms with E-state index in [-0.39, 0.29) is 5.57 Å². The number of carbonyl (C=O) groups is 2. The minimum Gasteiger partial charge on any atom is -0.481 e. The van der Waals surface area contributed by atoms with Crippen LogP contribution in [-0.4, -0.2) is 22.2 Å². The van der Waals surface area contributed by atoms with E-state index in [2.05, 4.69) is 0 Å². The molecule has 0 radical (unpaired) electrons. The second kappa shape index (κ2) is 4.83. The molecular formula is C13H11ClO4S. The highest BCUT2D eigenvalue weighted by Crippen LogP contribution is 2.47. The maximum absolute atomic E-state index is 11.5. The molecule has 0 saturated carbocycles. The summed E-state index contributed by atoms with van der Waals surface area (Å²) in [5.41, 5.74) is -1.23. The van der Waals surface area contributed by atoms with Gasteiger partial charge in [0, 0.05) is 16.4 Å². The molecule has 2 rings (SSSR count). The number of hydrogen-bond donors (Lipinski definition) is 2. The zero-order chi connectivity index (χ0) is 14.2. The molecule has 0 amide bonds. The third kappa shape index (κ3) is 2.31. The first-order valence-electron chi connectivity index (χ1n) is 5.47. The van der Waals surface area contributed by atoms with Crippen molar-refractivity contribution in [3.8, 4) is 0 Å². The van der Waals surface area contributed by atoms with Crippen LogP contribution in [0, 0.1) is 5.41 Å². The summed E-state index contributed by atoms with van der Waals surface area (Å²) < 4.78 is 0.502. The van der Waals surface area contributed by atoms with Gasteiger partial charge >= 0.3 is 11.9 Å². The molecule has 1 unspecified atom stereocenters. The standard InChI is InChI=1S/C13H11ClO4S/c1-13(12(17)18)6-2-3-7(11(15)16)10(13)8-4-5-9(14)19-8/h2-6,10H,1H3,(H,15,16)(H,17,18)/t10?,13-/m1/s1. The lowest BCUT2D eigenvalue weighted by Crippen LogP contribution is -2.36. The Morgan fingerprint density at radius 3 is 2.53 bits per heavy atom. The van der Waals surface area contributed by atoms with Gasteiger partial charge in [-0.2, -0.15) is 0 Å². The summed E-state index contributed by atoms with van der Waals surface area (Å²) in [6.45, 7) is 1.51. The lowest BCUT2D eigenvalue weighted by molar-refractivity contribution is -0.146. The van der Waals surface area contributed by atoms with E-state index in [9.17, 15) is 19.8 Å². The average molecular weight is 299 g/mol. The molecule has 0 aromatic carbocycles. The fraction of sp³-hybridized carbons (Fsp3) is 0.231. The van der Waals surface area contributed by atoms with Gasteiger partial charge in [0.1, 0.15) is 0 Å². The van der Waals surface area contributed by atoms with Crippen LogP contribution in [0.2, 0.25) is 4.34 Å². The van der Waals surface area contributed by atoms with Crippen LogP contribution in [0.1, 0.15) is 17.7 Å². The lowest BCUT2D eigenvalue weighted by Gasteiger charge is -2.33. The highest BCUT2D eigenvalue weighted by molar-refractivity contribution is 7.16. The summed E-state index contributed by atoms with van der Waals surface area (Å²) in [4.78, 5) is 23.5. The van der Waals surface area contributed by atoms with Gasteiger partial charge < -0.3 is 10.2 Å². The van der Waals surface area contributed by atoms with Crippen molar-refractivity contribution in [3.63, 3.8) is 0 Å². The Kier molecular flexibility index (Phi) is 3.52. The maximum Gasteiger partial charge on any atom is 0.332 e. The van der Waals surface area contributed by atoms with Crippen LogP contribution in [0.15, 0.2) is 35.9 Å². The molecule has 0 saturated heterocycles. The summed E-state index contributed by atoms with van der Waals surface area (Å²) in [5, 5.41) is 18.7. The third-order valence-corrected chi connectivity index (χ3v) is 4.51. The normalized spacial score (nSPS) is 26.0. The maximum atomic E-state index is 11.5. The molecule has 0 aliphatic heterocycles. The quantitative estimate of drug-likeness (QED) is 0.899. The molecule has 19 heavy (non-hydrogen) atoms. The van der Waals surface area contributed by atoms with Gasteiger partial charge in [-0.3, -0.25) is 4.79 Å². The molecule has 4 nitrogen and oxygen atoms in total. The second-order valence-corrected chi connectivity index (χ2v) is 6.20. The zero-order valence-electron chi connectivity index (χ0n) is 9.96. The summed E-state index contributed by atoms with van der Waals surface area (Å²) in [7, 11) is 0. The van der Waals surface area contributed by atoms with Crippen molar-refractivity contribution in [3.05, 3.63) is 45.1 Å². The van der Waals surface area contributed by atoms with E-state index < -0.39 is 23.3 Å². The number of halogens is 1. The predicted molar refractivity (Wildman–Crippen MR) is 72.7 cm³/mol. The lowest BCUT2D eigenvalue weighted by atomic mass is 9.69. The van der Waals surface area contributed by atoms with E-state index in [4.69, 9.17) is 11.6 Å². The van der Waals surface area contributed by atoms with Gasteiger partial charge in [0.15, 0.2) is 0 Å². The number of carboxylic acids is 2. The van der Waals surface area contributed by atoms with Gasteiger partial charge in [-0.15, -0.1) is 11.3 Å². The smallest absolute Gasteiger partial charge is 0.332 e. The fourth-order valence-corrected chi connectivity index (χ4v) is 3.51. The van der Waals surface area contributed by atoms with Crippen molar-refractivity contribution in [2.24, 2.45) is 5.41 Å². The predicted octanol–water partition coefficient (Wildman–Crippen LogP) is 3.16. The molecule has 0 bridgehead atoms. The number of aliphatic carboxylic acids is 2. The number of rotatable bonds is 3. The fourth-order valence-electron chi connectivity index (χ4n) is 2.19. The van der Waals surface area contributed by atoms with Crippen molar-refractivity contribution in [1.82, 2.24) is 0 Å². The number of hydrogen-bond acceptors (Lipinski definition) is 3. The molecule has 1 aromatic heterocycles. The molecule has 1 aromatic rings. The van der Waals surface area contributed by atoms with Crippen LogP contribution in [0.4, 0.5) is 0 Å². The van der Waals surface area contributed by atoms with Gasteiger partial charge in [-0.25, -0.2) is 4.79 Å². The molecule has 1 heterocycles. The second-order valence-electron chi connectivity index (χ2n) is 4.45. The van der Waals surface area contributed by atoms with E-state index >= 15 is 0 Å². The van der Waals surface area contributed by atoms with Gasteiger partial charge in [-0.05, 0) is 19.1 Å². The molecule has 1 aliphatic carbocycles. The summed E-state index contributed by atoms with van der Waals surface area (Å²) in [6.07, 6.45) is 4.43. The van der Waals surface area contributed by atoms with E-state index in [1.807, 2.05) is 0 Å². The van der Waals surface area contributed by atoms with E-state index in [1.165, 1.54) is 36.5 Å². The number of carboxylic acid groups (broad SMARTS) is 2. The van der Waals surface area contributed by atoms with Crippen LogP contribution in [-0.2, 0) is 9.59 Å². The van der Waals surface area contributed by atoms with Gasteiger partial charge in [0.05, 0.1) is 9.75 Å². The van der Waals surface area contributed by atoms with Gasteiger partial charge in [0.25, 0.3) is 0 Å². The molecular weight excluding hydrogens is 288 g/mol. The Labute approximate surface area is 118 Å². The van der Waals surface area contributed by atoms with Crippen LogP contribution >= 0.6 is 22.9 Å². The summed E-state index contributed by atoms with van der Waals surface area (Å²) in [6, 6.07) is 3.32. The van der Waals surface area contributed by atoms with Gasteiger partial charge in [0.2, 0.25) is 0 Å². The Bertz CT molecular complexity index is 602. The van der Waals surface area contributed by atoms with Crippen LogP contribution in [0.3, 0.4) is 0 Å². The first kappa shape index (κ1) is 13.8.